The summed E-state index contributed by atoms with van der Waals surface area (Å²) < 4.78 is 29.3. The summed E-state index contributed by atoms with van der Waals surface area (Å²) in [5, 5.41) is 1.91. The first-order chi connectivity index (χ1) is 15.9. The molecule has 1 amide bonds. The molecule has 0 saturated carbocycles. The van der Waals surface area contributed by atoms with Gasteiger partial charge in [0.15, 0.2) is 5.82 Å². The zero-order chi connectivity index (χ0) is 23.0. The predicted molar refractivity (Wildman–Crippen MR) is 127 cm³/mol. The molecule has 0 bridgehead atoms. The highest BCUT2D eigenvalue weighted by molar-refractivity contribution is 7.89. The maximum Gasteiger partial charge on any atom is 0.243 e. The molecule has 2 aromatic heterocycles. The van der Waals surface area contributed by atoms with Gasteiger partial charge in [0, 0.05) is 31.6 Å². The SMILES string of the molecule is Cc1ccc(S(=O)(=O)N2CCN(C(=O)Cn3c(-c4cscn4)nc4ccccc43)CC2)cc1. The Labute approximate surface area is 196 Å². The molecule has 3 heterocycles. The summed E-state index contributed by atoms with van der Waals surface area (Å²) in [7, 11) is -3.57. The predicted octanol–water partition coefficient (Wildman–Crippen LogP) is 3.00. The lowest BCUT2D eigenvalue weighted by atomic mass is 10.2. The van der Waals surface area contributed by atoms with Crippen molar-refractivity contribution < 1.29 is 13.2 Å². The third-order valence-electron chi connectivity index (χ3n) is 5.86. The van der Waals surface area contributed by atoms with Crippen molar-refractivity contribution in [1.82, 2.24) is 23.7 Å². The molecule has 0 N–H and O–H groups in total. The number of aromatic nitrogens is 3. The molecule has 2 aromatic carbocycles. The Morgan fingerprint density at radius 3 is 2.45 bits per heavy atom. The Morgan fingerprint density at radius 2 is 1.76 bits per heavy atom. The van der Waals surface area contributed by atoms with E-state index in [0.717, 1.165) is 22.3 Å². The number of thiazole rings is 1. The van der Waals surface area contributed by atoms with Crippen LogP contribution in [0.15, 0.2) is 64.3 Å². The standard InChI is InChI=1S/C23H23N5O3S2/c1-17-6-8-18(9-7-17)33(30,31)27-12-10-26(11-13-27)22(29)14-28-21-5-3-2-4-19(21)25-23(28)20-15-32-16-24-20/h2-9,15-16H,10-14H2,1H3. The summed E-state index contributed by atoms with van der Waals surface area (Å²) in [4.78, 5) is 24.2. The van der Waals surface area contributed by atoms with Crippen molar-refractivity contribution in [2.24, 2.45) is 0 Å². The molecular formula is C23H23N5O3S2. The Bertz CT molecular complexity index is 1390. The summed E-state index contributed by atoms with van der Waals surface area (Å²) in [5.74, 6) is 0.591. The molecule has 1 aliphatic rings. The fourth-order valence-electron chi connectivity index (χ4n) is 4.03. The van der Waals surface area contributed by atoms with Gasteiger partial charge in [-0.15, -0.1) is 11.3 Å². The summed E-state index contributed by atoms with van der Waals surface area (Å²) in [6.45, 7) is 3.28. The largest absolute Gasteiger partial charge is 0.339 e. The summed E-state index contributed by atoms with van der Waals surface area (Å²) >= 11 is 1.48. The van der Waals surface area contributed by atoms with E-state index in [1.807, 2.05) is 41.1 Å². The number of imidazole rings is 1. The number of rotatable bonds is 5. The van der Waals surface area contributed by atoms with Gasteiger partial charge in [0.05, 0.1) is 21.4 Å². The number of carbonyl (C=O) groups is 1. The third-order valence-corrected chi connectivity index (χ3v) is 8.36. The molecule has 0 aliphatic carbocycles. The number of aryl methyl sites for hydroxylation is 1. The molecule has 33 heavy (non-hydrogen) atoms. The van der Waals surface area contributed by atoms with Crippen molar-refractivity contribution in [1.29, 1.82) is 0 Å². The topological polar surface area (TPSA) is 88.4 Å². The fraction of sp³-hybridized carbons (Fsp3) is 0.261. The average Bonchev–Trinajstić information content (AvgIpc) is 3.48. The molecule has 10 heteroatoms. The number of amides is 1. The van der Waals surface area contributed by atoms with E-state index >= 15 is 0 Å². The van der Waals surface area contributed by atoms with Gasteiger partial charge in [-0.05, 0) is 31.2 Å². The minimum atomic E-state index is -3.57. The van der Waals surface area contributed by atoms with E-state index in [-0.39, 0.29) is 30.4 Å². The number of piperazine rings is 1. The highest BCUT2D eigenvalue weighted by Gasteiger charge is 2.30. The lowest BCUT2D eigenvalue weighted by Crippen LogP contribution is -2.51. The molecule has 1 saturated heterocycles. The summed E-state index contributed by atoms with van der Waals surface area (Å²) in [6, 6.07) is 14.5. The summed E-state index contributed by atoms with van der Waals surface area (Å²) in [5.41, 5.74) is 5.16. The maximum atomic E-state index is 13.2. The van der Waals surface area contributed by atoms with Gasteiger partial charge in [-0.2, -0.15) is 4.31 Å². The number of hydrogen-bond donors (Lipinski definition) is 0. The monoisotopic (exact) mass is 481 g/mol. The van der Waals surface area contributed by atoms with Crippen LogP contribution in [0.2, 0.25) is 0 Å². The van der Waals surface area contributed by atoms with Crippen LogP contribution >= 0.6 is 11.3 Å². The van der Waals surface area contributed by atoms with Gasteiger partial charge in [0.2, 0.25) is 15.9 Å². The van der Waals surface area contributed by atoms with E-state index in [0.29, 0.717) is 18.9 Å². The van der Waals surface area contributed by atoms with Crippen LogP contribution in [0.5, 0.6) is 0 Å². The first-order valence-corrected chi connectivity index (χ1v) is 13.0. The van der Waals surface area contributed by atoms with Crippen LogP contribution in [0.4, 0.5) is 0 Å². The molecule has 8 nitrogen and oxygen atoms in total. The molecule has 4 aromatic rings. The molecule has 1 fully saturated rings. The van der Waals surface area contributed by atoms with Crippen LogP contribution in [0, 0.1) is 6.92 Å². The Hall–Kier alpha value is -3.08. The van der Waals surface area contributed by atoms with E-state index in [1.54, 1.807) is 34.7 Å². The number of hydrogen-bond acceptors (Lipinski definition) is 6. The molecule has 5 rings (SSSR count). The van der Waals surface area contributed by atoms with Gasteiger partial charge in [-0.25, -0.2) is 18.4 Å². The fourth-order valence-corrected chi connectivity index (χ4v) is 5.98. The minimum absolute atomic E-state index is 0.0676. The van der Waals surface area contributed by atoms with Gasteiger partial charge in [0.1, 0.15) is 12.2 Å². The normalized spacial score (nSPS) is 15.2. The van der Waals surface area contributed by atoms with Crippen LogP contribution in [-0.2, 0) is 21.4 Å². The molecule has 0 spiro atoms. The first kappa shape index (κ1) is 21.7. The van der Waals surface area contributed by atoms with Crippen molar-refractivity contribution in [3.05, 3.63) is 65.0 Å². The van der Waals surface area contributed by atoms with Crippen molar-refractivity contribution in [3.8, 4) is 11.5 Å². The molecule has 1 aliphatic heterocycles. The zero-order valence-electron chi connectivity index (χ0n) is 18.1. The van der Waals surface area contributed by atoms with E-state index < -0.39 is 10.0 Å². The first-order valence-electron chi connectivity index (χ1n) is 10.6. The van der Waals surface area contributed by atoms with Crippen LogP contribution in [0.1, 0.15) is 5.56 Å². The summed E-state index contributed by atoms with van der Waals surface area (Å²) in [6.07, 6.45) is 0. The number of sulfonamides is 1. The number of benzene rings is 2. The van der Waals surface area contributed by atoms with Crippen LogP contribution < -0.4 is 0 Å². The highest BCUT2D eigenvalue weighted by Crippen LogP contribution is 2.25. The average molecular weight is 482 g/mol. The Morgan fingerprint density at radius 1 is 1.03 bits per heavy atom. The van der Waals surface area contributed by atoms with Gasteiger partial charge < -0.3 is 9.47 Å². The lowest BCUT2D eigenvalue weighted by Gasteiger charge is -2.34. The van der Waals surface area contributed by atoms with Crippen LogP contribution in [-0.4, -0.2) is 64.2 Å². The molecule has 0 unspecified atom stereocenters. The van der Waals surface area contributed by atoms with Gasteiger partial charge in [-0.3, -0.25) is 4.79 Å². The number of nitrogens with zero attached hydrogens (tertiary/aromatic N) is 5. The van der Waals surface area contributed by atoms with Crippen molar-refractivity contribution in [2.45, 2.75) is 18.4 Å². The van der Waals surface area contributed by atoms with Gasteiger partial charge in [-0.1, -0.05) is 29.8 Å². The highest BCUT2D eigenvalue weighted by atomic mass is 32.2. The zero-order valence-corrected chi connectivity index (χ0v) is 19.7. The number of fused-ring (bicyclic) bond motifs is 1. The second-order valence-electron chi connectivity index (χ2n) is 7.98. The van der Waals surface area contributed by atoms with E-state index in [4.69, 9.17) is 0 Å². The quantitative estimate of drug-likeness (QED) is 0.437. The van der Waals surface area contributed by atoms with Crippen LogP contribution in [0.25, 0.3) is 22.6 Å². The molecule has 0 radical (unpaired) electrons. The Kier molecular flexibility index (Phi) is 5.73. The number of carbonyl (C=O) groups excluding carboxylic acids is 1. The molecular weight excluding hydrogens is 458 g/mol. The maximum absolute atomic E-state index is 13.2. The van der Waals surface area contributed by atoms with Crippen molar-refractivity contribution in [2.75, 3.05) is 26.2 Å². The minimum Gasteiger partial charge on any atom is -0.339 e. The smallest absolute Gasteiger partial charge is 0.243 e. The van der Waals surface area contributed by atoms with E-state index in [2.05, 4.69) is 9.97 Å². The number of para-hydroxylation sites is 2. The van der Waals surface area contributed by atoms with Crippen LogP contribution in [0.3, 0.4) is 0 Å². The molecule has 170 valence electrons. The molecule has 0 atom stereocenters. The van der Waals surface area contributed by atoms with E-state index in [1.165, 1.54) is 15.6 Å². The second kappa shape index (κ2) is 8.69. The second-order valence-corrected chi connectivity index (χ2v) is 10.6. The van der Waals surface area contributed by atoms with Gasteiger partial charge in [0.25, 0.3) is 0 Å². The van der Waals surface area contributed by atoms with Gasteiger partial charge >= 0.3 is 0 Å². The Balaban J connectivity index is 1.32. The third kappa shape index (κ3) is 4.17. The van der Waals surface area contributed by atoms with Crippen molar-refractivity contribution in [3.63, 3.8) is 0 Å². The lowest BCUT2D eigenvalue weighted by molar-refractivity contribution is -0.132. The van der Waals surface area contributed by atoms with E-state index in [9.17, 15) is 13.2 Å². The van der Waals surface area contributed by atoms with Crippen molar-refractivity contribution >= 4 is 38.3 Å².